The van der Waals surface area contributed by atoms with Crippen molar-refractivity contribution < 1.29 is 8.42 Å². The maximum absolute atomic E-state index is 12.6. The molecule has 0 fully saturated rings. The average Bonchev–Trinajstić information content (AvgIpc) is 2.85. The van der Waals surface area contributed by atoms with Crippen molar-refractivity contribution in [1.82, 2.24) is 14.7 Å². The first-order chi connectivity index (χ1) is 16.5. The molecule has 167 valence electrons. The molecule has 1 aromatic heterocycles. The molecule has 0 amide bonds. The molecular weight excluding hydrogens is 444 g/mol. The Hall–Kier alpha value is -4.23. The van der Waals surface area contributed by atoms with Gasteiger partial charge in [-0.25, -0.2) is 9.97 Å². The molecule has 7 heteroatoms. The summed E-state index contributed by atoms with van der Waals surface area (Å²) in [5.74, 6) is 0.634. The van der Waals surface area contributed by atoms with E-state index in [1.54, 1.807) is 48.5 Å². The second-order valence-corrected chi connectivity index (χ2v) is 9.47. The van der Waals surface area contributed by atoms with E-state index in [0.717, 1.165) is 33.3 Å². The largest absolute Gasteiger partial charge is 0.340 e. The van der Waals surface area contributed by atoms with Crippen LogP contribution in [0, 0.1) is 6.92 Å². The van der Waals surface area contributed by atoms with E-state index >= 15 is 0 Å². The summed E-state index contributed by atoms with van der Waals surface area (Å²) in [6.07, 6.45) is 1.53. The molecule has 0 aliphatic rings. The lowest BCUT2D eigenvalue weighted by Crippen LogP contribution is -2.11. The molecular formula is C27H21N4O2S. The summed E-state index contributed by atoms with van der Waals surface area (Å²) in [6.45, 7) is 1.90. The quantitative estimate of drug-likeness (QED) is 0.334. The van der Waals surface area contributed by atoms with Crippen molar-refractivity contribution in [2.24, 2.45) is 0 Å². The number of nitrogens with one attached hydrogen (secondary N) is 1. The third-order valence-electron chi connectivity index (χ3n) is 5.42. The zero-order chi connectivity index (χ0) is 23.5. The monoisotopic (exact) mass is 465 g/mol. The topological polar surface area (TPSA) is 86.0 Å². The number of anilines is 2. The van der Waals surface area contributed by atoms with Crippen LogP contribution in [0.3, 0.4) is 0 Å². The number of aryl methyl sites for hydroxylation is 1. The normalized spacial score (nSPS) is 11.3. The highest BCUT2D eigenvalue weighted by Crippen LogP contribution is 2.29. The van der Waals surface area contributed by atoms with Crippen LogP contribution in [0.15, 0.2) is 108 Å². The molecule has 1 radical (unpaired) electrons. The molecule has 1 N–H and O–H groups in total. The first-order valence-electron chi connectivity index (χ1n) is 10.7. The van der Waals surface area contributed by atoms with Gasteiger partial charge in [0, 0.05) is 17.3 Å². The summed E-state index contributed by atoms with van der Waals surface area (Å²) in [4.78, 5) is 8.95. The third-order valence-corrected chi connectivity index (χ3v) is 6.74. The molecule has 0 bridgehead atoms. The van der Waals surface area contributed by atoms with E-state index in [9.17, 15) is 8.42 Å². The zero-order valence-electron chi connectivity index (χ0n) is 18.4. The maximum atomic E-state index is 12.6. The first-order valence-corrected chi connectivity index (χ1v) is 12.1. The molecule has 5 rings (SSSR count). The van der Waals surface area contributed by atoms with Gasteiger partial charge in [0.25, 0.3) is 10.0 Å². The lowest BCUT2D eigenvalue weighted by atomic mass is 10.0. The fraction of sp³-hybridized carbons (Fsp3) is 0.0370. The molecule has 0 aliphatic heterocycles. The average molecular weight is 466 g/mol. The van der Waals surface area contributed by atoms with Crippen LogP contribution in [0.5, 0.6) is 0 Å². The summed E-state index contributed by atoms with van der Waals surface area (Å²) in [5.41, 5.74) is 3.94. The van der Waals surface area contributed by atoms with E-state index in [1.165, 1.54) is 6.33 Å². The summed E-state index contributed by atoms with van der Waals surface area (Å²) in [5, 5.41) is 5.51. The van der Waals surface area contributed by atoms with E-state index in [2.05, 4.69) is 38.2 Å². The SMILES string of the molecule is Cc1ccc(S(=O)(=O)[N]c2ccc(Nc3cc(-c4cccc5ccccc45)ncn3)cc2)cc1. The number of hydrogen-bond donors (Lipinski definition) is 1. The van der Waals surface area contributed by atoms with Gasteiger partial charge in [0.1, 0.15) is 12.1 Å². The number of fused-ring (bicyclic) bond motifs is 1. The van der Waals surface area contributed by atoms with Crippen LogP contribution >= 0.6 is 0 Å². The van der Waals surface area contributed by atoms with Gasteiger partial charge in [-0.15, -0.1) is 0 Å². The van der Waals surface area contributed by atoms with Crippen LogP contribution in [0.4, 0.5) is 17.2 Å². The minimum Gasteiger partial charge on any atom is -0.340 e. The minimum absolute atomic E-state index is 0.169. The summed E-state index contributed by atoms with van der Waals surface area (Å²) >= 11 is 0. The van der Waals surface area contributed by atoms with Gasteiger partial charge in [0.2, 0.25) is 0 Å². The fourth-order valence-electron chi connectivity index (χ4n) is 3.68. The highest BCUT2D eigenvalue weighted by molar-refractivity contribution is 7.89. The van der Waals surface area contributed by atoms with Crippen molar-refractivity contribution in [1.29, 1.82) is 0 Å². The molecule has 0 spiro atoms. The highest BCUT2D eigenvalue weighted by Gasteiger charge is 2.16. The van der Waals surface area contributed by atoms with Crippen LogP contribution in [-0.2, 0) is 10.0 Å². The predicted molar refractivity (Wildman–Crippen MR) is 135 cm³/mol. The lowest BCUT2D eigenvalue weighted by Gasteiger charge is -2.10. The molecule has 0 saturated carbocycles. The molecule has 5 aromatic rings. The zero-order valence-corrected chi connectivity index (χ0v) is 19.2. The Morgan fingerprint density at radius 3 is 2.32 bits per heavy atom. The Morgan fingerprint density at radius 1 is 0.794 bits per heavy atom. The fourth-order valence-corrected chi connectivity index (χ4v) is 4.66. The number of benzene rings is 4. The molecule has 1 heterocycles. The number of nitrogens with zero attached hydrogens (tertiary/aromatic N) is 3. The van der Waals surface area contributed by atoms with Crippen LogP contribution in [0.1, 0.15) is 5.56 Å². The molecule has 0 aliphatic carbocycles. The third kappa shape index (κ3) is 4.60. The highest BCUT2D eigenvalue weighted by atomic mass is 32.2. The lowest BCUT2D eigenvalue weighted by molar-refractivity contribution is 0.590. The Balaban J connectivity index is 1.34. The number of hydrogen-bond acceptors (Lipinski definition) is 5. The van der Waals surface area contributed by atoms with Gasteiger partial charge >= 0.3 is 0 Å². The van der Waals surface area contributed by atoms with Crippen LogP contribution < -0.4 is 10.0 Å². The van der Waals surface area contributed by atoms with Crippen molar-refractivity contribution in [3.8, 4) is 11.3 Å². The van der Waals surface area contributed by atoms with Crippen LogP contribution in [0.2, 0.25) is 0 Å². The second-order valence-electron chi connectivity index (χ2n) is 7.87. The number of rotatable bonds is 6. The van der Waals surface area contributed by atoms with Gasteiger partial charge in [0.15, 0.2) is 0 Å². The van der Waals surface area contributed by atoms with E-state index in [-0.39, 0.29) is 4.90 Å². The number of aromatic nitrogens is 2. The summed E-state index contributed by atoms with van der Waals surface area (Å²) in [7, 11) is -3.77. The Labute approximate surface area is 198 Å². The van der Waals surface area contributed by atoms with E-state index < -0.39 is 10.0 Å². The second kappa shape index (κ2) is 8.96. The van der Waals surface area contributed by atoms with Crippen molar-refractivity contribution >= 4 is 38.0 Å². The van der Waals surface area contributed by atoms with Gasteiger partial charge in [-0.3, -0.25) is 0 Å². The summed E-state index contributed by atoms with van der Waals surface area (Å²) < 4.78 is 29.1. The van der Waals surface area contributed by atoms with Gasteiger partial charge < -0.3 is 5.32 Å². The van der Waals surface area contributed by atoms with E-state index in [0.29, 0.717) is 11.5 Å². The maximum Gasteiger partial charge on any atom is 0.282 e. The van der Waals surface area contributed by atoms with Gasteiger partial charge in [-0.05, 0) is 54.1 Å². The van der Waals surface area contributed by atoms with Gasteiger partial charge in [0.05, 0.1) is 16.3 Å². The summed E-state index contributed by atoms with van der Waals surface area (Å²) in [6, 6.07) is 29.7. The van der Waals surface area contributed by atoms with Crippen molar-refractivity contribution in [2.75, 3.05) is 5.32 Å². The van der Waals surface area contributed by atoms with Gasteiger partial charge in [-0.2, -0.15) is 13.1 Å². The minimum atomic E-state index is -3.77. The molecule has 0 atom stereocenters. The molecule has 0 saturated heterocycles. The smallest absolute Gasteiger partial charge is 0.282 e. The van der Waals surface area contributed by atoms with E-state index in [4.69, 9.17) is 0 Å². The molecule has 34 heavy (non-hydrogen) atoms. The standard InChI is InChI=1S/C27H21N4O2S/c1-19-9-15-23(16-10-19)34(32,33)31-22-13-11-21(12-14-22)30-27-17-26(28-18-29-27)25-8-4-6-20-5-2-3-7-24(20)25/h2-18H,1H3,(H,28,29,30). The molecule has 6 nitrogen and oxygen atoms in total. The molecule has 0 unspecified atom stereocenters. The van der Waals surface area contributed by atoms with Crippen molar-refractivity contribution in [3.63, 3.8) is 0 Å². The van der Waals surface area contributed by atoms with Crippen molar-refractivity contribution in [2.45, 2.75) is 11.8 Å². The first kappa shape index (κ1) is 21.6. The van der Waals surface area contributed by atoms with Crippen LogP contribution in [-0.4, -0.2) is 18.4 Å². The predicted octanol–water partition coefficient (Wildman–Crippen LogP) is 5.97. The van der Waals surface area contributed by atoms with Crippen molar-refractivity contribution in [3.05, 3.63) is 109 Å². The Bertz CT molecular complexity index is 1560. The van der Waals surface area contributed by atoms with E-state index in [1.807, 2.05) is 37.3 Å². The number of sulfonamides is 1. The molecule has 4 aromatic carbocycles. The Kier molecular flexibility index (Phi) is 5.69. The van der Waals surface area contributed by atoms with Gasteiger partial charge in [-0.1, -0.05) is 60.2 Å². The van der Waals surface area contributed by atoms with Crippen LogP contribution in [0.25, 0.3) is 22.0 Å². The Morgan fingerprint density at radius 2 is 1.53 bits per heavy atom.